The third-order valence-corrected chi connectivity index (χ3v) is 2.92. The van der Waals surface area contributed by atoms with Crippen molar-refractivity contribution in [3.05, 3.63) is 0 Å². The van der Waals surface area contributed by atoms with E-state index in [4.69, 9.17) is 5.11 Å². The summed E-state index contributed by atoms with van der Waals surface area (Å²) in [4.78, 5) is 11.2. The Balaban J connectivity index is 3.20. The molecule has 0 amide bonds. The number of hydrogen-bond donors (Lipinski definition) is 1. The minimum Gasteiger partial charge on any atom is -0.373 e. The molecule has 0 aromatic heterocycles. The molecule has 1 aliphatic rings. The number of rotatable bonds is 1. The molecule has 0 aromatic carbocycles. The predicted molar refractivity (Wildman–Crippen MR) is 44.0 cm³/mol. The second kappa shape index (κ2) is 4.15. The van der Waals surface area contributed by atoms with Crippen molar-refractivity contribution in [3.8, 4) is 0 Å². The molecule has 0 aromatic rings. The Morgan fingerprint density at radius 2 is 1.47 bits per heavy atom. The number of aliphatic hydroxyl groups is 1. The highest BCUT2D eigenvalue weighted by Crippen LogP contribution is 2.50. The van der Waals surface area contributed by atoms with Gasteiger partial charge in [-0.3, -0.25) is 4.79 Å². The normalized spacial score (nSPS) is 23.9. The second-order valence-corrected chi connectivity index (χ2v) is 4.03. The molecular weight excluding hydrogens is 254 g/mol. The monoisotopic (exact) mass is 264 g/mol. The summed E-state index contributed by atoms with van der Waals surface area (Å²) in [7, 11) is 0. The van der Waals surface area contributed by atoms with E-state index in [2.05, 4.69) is 0 Å². The Hall–Kier alpha value is -0.790. The molecule has 0 bridgehead atoms. The van der Waals surface area contributed by atoms with Crippen LogP contribution in [0.25, 0.3) is 0 Å². The summed E-state index contributed by atoms with van der Waals surface area (Å²) in [6.07, 6.45) is -12.5. The zero-order valence-electron chi connectivity index (χ0n) is 8.53. The molecule has 17 heavy (non-hydrogen) atoms. The number of Topliss-reactive ketones (excluding diaryl/α,β-unsaturated/α-hetero) is 1. The Labute approximate surface area is 92.6 Å². The first-order valence-electron chi connectivity index (χ1n) is 4.90. The fourth-order valence-electron chi connectivity index (χ4n) is 1.98. The van der Waals surface area contributed by atoms with E-state index in [0.717, 1.165) is 0 Å². The highest BCUT2D eigenvalue weighted by Gasteiger charge is 2.74. The van der Waals surface area contributed by atoms with Gasteiger partial charge in [-0.15, -0.1) is 0 Å². The van der Waals surface area contributed by atoms with Crippen LogP contribution in [0.15, 0.2) is 0 Å². The van der Waals surface area contributed by atoms with Crippen molar-refractivity contribution < 1.29 is 36.2 Å². The van der Waals surface area contributed by atoms with Crippen LogP contribution in [0.3, 0.4) is 0 Å². The summed E-state index contributed by atoms with van der Waals surface area (Å²) in [5.41, 5.74) is -4.93. The molecule has 1 fully saturated rings. The van der Waals surface area contributed by atoms with E-state index in [1.54, 1.807) is 0 Å². The van der Waals surface area contributed by atoms with E-state index >= 15 is 0 Å². The standard InChI is InChI=1S/C9H10F6O2/c10-8(11,12)7(17,9(13,14)15)5-3-1-2-4-6(5)16/h5,17H,1-4H2. The van der Waals surface area contributed by atoms with Crippen LogP contribution in [0.1, 0.15) is 25.7 Å². The zero-order chi connectivity index (χ0) is 13.5. The number of hydrogen-bond acceptors (Lipinski definition) is 2. The fraction of sp³-hybridized carbons (Fsp3) is 0.889. The number of alkyl halides is 6. The molecule has 2 nitrogen and oxygen atoms in total. The average molecular weight is 264 g/mol. The molecule has 0 radical (unpaired) electrons. The molecule has 0 saturated heterocycles. The SMILES string of the molecule is O=C1CCCCC1C(O)(C(F)(F)F)C(F)(F)F. The van der Waals surface area contributed by atoms with E-state index in [-0.39, 0.29) is 19.3 Å². The molecule has 0 heterocycles. The molecule has 1 rings (SSSR count). The minimum atomic E-state index is -5.91. The maximum atomic E-state index is 12.4. The number of carbonyl (C=O) groups excluding carboxylic acids is 1. The molecule has 1 unspecified atom stereocenters. The van der Waals surface area contributed by atoms with Gasteiger partial charge in [-0.25, -0.2) is 0 Å². The third kappa shape index (κ3) is 2.27. The largest absolute Gasteiger partial charge is 0.427 e. The Bertz CT molecular complexity index is 292. The highest BCUT2D eigenvalue weighted by atomic mass is 19.4. The van der Waals surface area contributed by atoms with Crippen LogP contribution in [0.4, 0.5) is 26.3 Å². The summed E-state index contributed by atoms with van der Waals surface area (Å²) in [6, 6.07) is 0. The van der Waals surface area contributed by atoms with Crippen molar-refractivity contribution >= 4 is 5.78 Å². The van der Waals surface area contributed by atoms with Crippen molar-refractivity contribution in [2.75, 3.05) is 0 Å². The fourth-order valence-corrected chi connectivity index (χ4v) is 1.98. The maximum absolute atomic E-state index is 12.4. The van der Waals surface area contributed by atoms with Gasteiger partial charge in [0.05, 0.1) is 5.92 Å². The molecule has 0 spiro atoms. The molecule has 1 aliphatic carbocycles. The lowest BCUT2D eigenvalue weighted by atomic mass is 9.75. The lowest BCUT2D eigenvalue weighted by Crippen LogP contribution is -2.63. The molecule has 1 saturated carbocycles. The van der Waals surface area contributed by atoms with E-state index < -0.39 is 36.1 Å². The predicted octanol–water partition coefficient (Wildman–Crippen LogP) is 2.60. The first kappa shape index (κ1) is 14.3. The van der Waals surface area contributed by atoms with Gasteiger partial charge in [0, 0.05) is 6.42 Å². The van der Waals surface area contributed by atoms with Crippen molar-refractivity contribution in [2.45, 2.75) is 43.6 Å². The van der Waals surface area contributed by atoms with Crippen LogP contribution in [0.5, 0.6) is 0 Å². The number of ketones is 1. The van der Waals surface area contributed by atoms with E-state index in [1.165, 1.54) is 0 Å². The van der Waals surface area contributed by atoms with Gasteiger partial charge >= 0.3 is 12.4 Å². The lowest BCUT2D eigenvalue weighted by molar-refractivity contribution is -0.381. The second-order valence-electron chi connectivity index (χ2n) is 4.03. The summed E-state index contributed by atoms with van der Waals surface area (Å²) in [6.45, 7) is 0. The molecule has 1 atom stereocenters. The van der Waals surface area contributed by atoms with Gasteiger partial charge in [-0.1, -0.05) is 6.42 Å². The van der Waals surface area contributed by atoms with Crippen molar-refractivity contribution in [3.63, 3.8) is 0 Å². The maximum Gasteiger partial charge on any atom is 0.427 e. The topological polar surface area (TPSA) is 37.3 Å². The van der Waals surface area contributed by atoms with Crippen LogP contribution in [-0.4, -0.2) is 28.8 Å². The first-order chi connectivity index (χ1) is 7.52. The summed E-state index contributed by atoms with van der Waals surface area (Å²) >= 11 is 0. The molecule has 8 heteroatoms. The van der Waals surface area contributed by atoms with Crippen LogP contribution in [-0.2, 0) is 4.79 Å². The molecular formula is C9H10F6O2. The van der Waals surface area contributed by atoms with Crippen molar-refractivity contribution in [1.82, 2.24) is 0 Å². The first-order valence-corrected chi connectivity index (χ1v) is 4.90. The summed E-state index contributed by atoms with van der Waals surface area (Å²) in [5, 5.41) is 9.01. The van der Waals surface area contributed by atoms with E-state index in [0.29, 0.717) is 0 Å². The van der Waals surface area contributed by atoms with Crippen LogP contribution < -0.4 is 0 Å². The third-order valence-electron chi connectivity index (χ3n) is 2.92. The number of halogens is 6. The quantitative estimate of drug-likeness (QED) is 0.739. The molecule has 0 aliphatic heterocycles. The van der Waals surface area contributed by atoms with Gasteiger partial charge < -0.3 is 5.11 Å². The smallest absolute Gasteiger partial charge is 0.373 e. The highest BCUT2D eigenvalue weighted by molar-refractivity contribution is 5.83. The number of carbonyl (C=O) groups is 1. The van der Waals surface area contributed by atoms with Gasteiger partial charge in [-0.2, -0.15) is 26.3 Å². The van der Waals surface area contributed by atoms with E-state index in [9.17, 15) is 31.1 Å². The van der Waals surface area contributed by atoms with Crippen LogP contribution in [0, 0.1) is 5.92 Å². The van der Waals surface area contributed by atoms with Gasteiger partial charge in [0.2, 0.25) is 0 Å². The lowest BCUT2D eigenvalue weighted by Gasteiger charge is -2.39. The van der Waals surface area contributed by atoms with Gasteiger partial charge in [0.25, 0.3) is 5.60 Å². The van der Waals surface area contributed by atoms with Gasteiger partial charge in [0.1, 0.15) is 5.78 Å². The Morgan fingerprint density at radius 1 is 1.00 bits per heavy atom. The molecule has 1 N–H and O–H groups in total. The van der Waals surface area contributed by atoms with E-state index in [1.807, 2.05) is 0 Å². The molecule has 100 valence electrons. The summed E-state index contributed by atoms with van der Waals surface area (Å²) < 4.78 is 74.6. The zero-order valence-corrected chi connectivity index (χ0v) is 8.53. The van der Waals surface area contributed by atoms with Gasteiger partial charge in [-0.05, 0) is 12.8 Å². The van der Waals surface area contributed by atoms with Crippen molar-refractivity contribution in [1.29, 1.82) is 0 Å². The minimum absolute atomic E-state index is 0.0604. The Kier molecular flexibility index (Phi) is 3.48. The summed E-state index contributed by atoms with van der Waals surface area (Å²) in [5.74, 6) is -3.63. The van der Waals surface area contributed by atoms with Gasteiger partial charge in [0.15, 0.2) is 0 Å². The van der Waals surface area contributed by atoms with Crippen LogP contribution >= 0.6 is 0 Å². The van der Waals surface area contributed by atoms with Crippen molar-refractivity contribution in [2.24, 2.45) is 5.92 Å². The van der Waals surface area contributed by atoms with Crippen LogP contribution in [0.2, 0.25) is 0 Å². The average Bonchev–Trinajstić information content (AvgIpc) is 2.13. The Morgan fingerprint density at radius 3 is 1.82 bits per heavy atom.